The highest BCUT2D eigenvalue weighted by Gasteiger charge is 2.46. The van der Waals surface area contributed by atoms with Crippen LogP contribution in [0.1, 0.15) is 135 Å². The first-order valence-corrected chi connectivity index (χ1v) is 36.1. The van der Waals surface area contributed by atoms with Gasteiger partial charge >= 0.3 is 0 Å². The van der Waals surface area contributed by atoms with Crippen molar-refractivity contribution in [2.75, 3.05) is 0 Å². The molecule has 12 rings (SSSR count). The molecule has 22 heteroatoms. The summed E-state index contributed by atoms with van der Waals surface area (Å²) >= 11 is 20.7. The van der Waals surface area contributed by atoms with Crippen molar-refractivity contribution in [1.29, 1.82) is 0 Å². The average molecular weight is 1460 g/mol. The van der Waals surface area contributed by atoms with E-state index in [0.717, 1.165) is 124 Å². The summed E-state index contributed by atoms with van der Waals surface area (Å²) in [5.41, 5.74) is 15.0. The second-order valence-corrected chi connectivity index (χ2v) is 32.3. The van der Waals surface area contributed by atoms with Crippen LogP contribution in [0.3, 0.4) is 0 Å². The first-order chi connectivity index (χ1) is 45.1. The van der Waals surface area contributed by atoms with Crippen molar-refractivity contribution in [3.8, 4) is 0 Å². The van der Waals surface area contributed by atoms with E-state index in [1.54, 1.807) is 65.9 Å². The molecular weight excluding hydrogens is 1380 g/mol. The highest BCUT2D eigenvalue weighted by atomic mass is 127. The van der Waals surface area contributed by atoms with E-state index in [1.165, 1.54) is 45.4 Å². The SMILES string of the molecule is CC(C)[Si](C(C)C)(C(C)C)n1cc(I)c2cc(Cl)cnc21.CCn1nc(CCc2ccc(F)cc2)cc1C(O)c1c[nH]c2ncc(Cl)cc12.CCn1nc(CCc2ccc(F)cc2)cc1C=O.CCn1nc(CCc2ccc(F)cc2)cc1Cc1c[nH]c2ncc(Cl)cc12. The van der Waals surface area contributed by atoms with E-state index in [4.69, 9.17) is 39.9 Å². The third kappa shape index (κ3) is 17.0. The summed E-state index contributed by atoms with van der Waals surface area (Å²) in [6, 6.07) is 31.3. The van der Waals surface area contributed by atoms with Crippen LogP contribution in [-0.2, 0) is 64.6 Å². The minimum atomic E-state index is -1.76. The van der Waals surface area contributed by atoms with Gasteiger partial charge in [0.1, 0.15) is 46.2 Å². The van der Waals surface area contributed by atoms with Gasteiger partial charge in [-0.2, -0.15) is 15.3 Å². The van der Waals surface area contributed by atoms with E-state index in [9.17, 15) is 23.1 Å². The van der Waals surface area contributed by atoms with E-state index >= 15 is 0 Å². The maximum atomic E-state index is 13.1. The predicted molar refractivity (Wildman–Crippen MR) is 383 cm³/mol. The number of aromatic nitrogens is 12. The van der Waals surface area contributed by atoms with Crippen molar-refractivity contribution in [2.24, 2.45) is 0 Å². The van der Waals surface area contributed by atoms with Crippen LogP contribution < -0.4 is 0 Å². The Balaban J connectivity index is 0.000000150. The van der Waals surface area contributed by atoms with Crippen molar-refractivity contribution in [3.63, 3.8) is 0 Å². The van der Waals surface area contributed by atoms with Gasteiger partial charge < -0.3 is 19.3 Å². The number of benzene rings is 3. The van der Waals surface area contributed by atoms with Crippen LogP contribution >= 0.6 is 57.4 Å². The standard InChI is InChI=1S/C21H20ClFN4O.C21H20ClFN4.C16H24ClIN2Si.C14H15FN2O/c1-2-27-19(10-16(26-27)8-5-13-3-6-15(23)7-4-13)20(28)18-12-25-21-17(18)9-14(22)11-24-21;1-2-27-19(9-15-12-24-21-20(15)10-16(22)13-25-21)11-18(26-27)8-5-14-3-6-17(23)7-4-14;1-10(2)21(11(3)4,12(5)6)20-9-15(18)14-7-13(17)8-19-16(14)20;1-2-17-14(10-18)9-13(16-17)8-5-11-3-6-12(15)7-4-11/h3-4,6-7,9-12,20,28H,2,5,8H2,1H3,(H,24,25);3-4,6-7,10-13H,2,5,8-9H2,1H3,(H,24,25);7-12H,1-6H3;3-4,6-7,9-10H,2,5,8H2,1H3. The number of hydrogen-bond acceptors (Lipinski definition) is 8. The highest BCUT2D eigenvalue weighted by Crippen LogP contribution is 2.45. The molecule has 12 aromatic rings. The first kappa shape index (κ1) is 70.9. The summed E-state index contributed by atoms with van der Waals surface area (Å²) in [6.07, 6.45) is 16.4. The fraction of sp³-hybridized carbons (Fsp3) is 0.319. The molecule has 3 aromatic carbocycles. The molecular formula is C72H79Cl3F3IN12O2Si. The number of aliphatic hydroxyl groups excluding tert-OH is 1. The number of aryl methyl sites for hydroxylation is 9. The van der Waals surface area contributed by atoms with Gasteiger partial charge in [-0.1, -0.05) is 113 Å². The number of nitrogens with one attached hydrogen (secondary N) is 2. The first-order valence-electron chi connectivity index (χ1n) is 31.7. The number of aromatic amines is 2. The van der Waals surface area contributed by atoms with E-state index in [2.05, 4.69) is 123 Å². The lowest BCUT2D eigenvalue weighted by Gasteiger charge is -2.44. The van der Waals surface area contributed by atoms with Crippen LogP contribution in [0, 0.1) is 21.0 Å². The van der Waals surface area contributed by atoms with Gasteiger partial charge in [0.15, 0.2) is 14.5 Å². The zero-order chi connectivity index (χ0) is 67.4. The number of nitrogens with zero attached hydrogens (tertiary/aromatic N) is 10. The fourth-order valence-electron chi connectivity index (χ4n) is 12.8. The molecule has 0 spiro atoms. The summed E-state index contributed by atoms with van der Waals surface area (Å²) in [5, 5.41) is 29.6. The molecule has 94 heavy (non-hydrogen) atoms. The van der Waals surface area contributed by atoms with Gasteiger partial charge in [-0.25, -0.2) is 28.1 Å². The molecule has 9 aromatic heterocycles. The van der Waals surface area contributed by atoms with Crippen molar-refractivity contribution < 1.29 is 23.1 Å². The molecule has 0 radical (unpaired) electrons. The predicted octanol–water partition coefficient (Wildman–Crippen LogP) is 18.3. The molecule has 14 nitrogen and oxygen atoms in total. The Morgan fingerprint density at radius 1 is 0.553 bits per heavy atom. The molecule has 0 saturated heterocycles. The topological polar surface area (TPSA) is 166 Å². The zero-order valence-corrected chi connectivity index (χ0v) is 59.7. The third-order valence-electron chi connectivity index (χ3n) is 17.2. The number of rotatable bonds is 21. The van der Waals surface area contributed by atoms with Crippen LogP contribution in [0.2, 0.25) is 31.7 Å². The van der Waals surface area contributed by atoms with Gasteiger partial charge in [-0.15, -0.1) is 0 Å². The lowest BCUT2D eigenvalue weighted by Crippen LogP contribution is -2.51. The number of aliphatic hydroxyl groups is 1. The molecule has 0 saturated carbocycles. The molecule has 0 aliphatic carbocycles. The molecule has 0 fully saturated rings. The Hall–Kier alpha value is -7.40. The van der Waals surface area contributed by atoms with Gasteiger partial charge in [0, 0.05) is 94.2 Å². The number of carbonyl (C=O) groups is 1. The van der Waals surface area contributed by atoms with Crippen LogP contribution in [-0.4, -0.2) is 78.1 Å². The van der Waals surface area contributed by atoms with Crippen molar-refractivity contribution >= 4 is 105 Å². The molecule has 492 valence electrons. The van der Waals surface area contributed by atoms with E-state index in [1.807, 2.05) is 59.7 Å². The van der Waals surface area contributed by atoms with E-state index in [0.29, 0.717) is 68.1 Å². The molecule has 0 bridgehead atoms. The Labute approximate surface area is 576 Å². The summed E-state index contributed by atoms with van der Waals surface area (Å²) < 4.78 is 48.2. The van der Waals surface area contributed by atoms with Crippen LogP contribution in [0.4, 0.5) is 13.2 Å². The molecule has 0 aliphatic rings. The number of pyridine rings is 3. The highest BCUT2D eigenvalue weighted by molar-refractivity contribution is 14.1. The van der Waals surface area contributed by atoms with Crippen molar-refractivity contribution in [3.05, 3.63) is 244 Å². The summed E-state index contributed by atoms with van der Waals surface area (Å²) in [4.78, 5) is 30.3. The molecule has 1 unspecified atom stereocenters. The molecule has 9 heterocycles. The van der Waals surface area contributed by atoms with Crippen molar-refractivity contribution in [1.82, 2.24) is 58.5 Å². The Morgan fingerprint density at radius 3 is 1.48 bits per heavy atom. The van der Waals surface area contributed by atoms with Crippen LogP contribution in [0.25, 0.3) is 33.1 Å². The zero-order valence-electron chi connectivity index (χ0n) is 54.3. The molecule has 3 N–H and O–H groups in total. The van der Waals surface area contributed by atoms with Gasteiger partial charge in [0.2, 0.25) is 0 Å². The normalized spacial score (nSPS) is 12.0. The number of H-pyrrole nitrogens is 2. The minimum Gasteiger partial charge on any atom is -0.382 e. The Kier molecular flexibility index (Phi) is 24.4. The number of aldehydes is 1. The quantitative estimate of drug-likeness (QED) is 0.0363. The Bertz CT molecular complexity index is 4440. The monoisotopic (exact) mass is 1460 g/mol. The average Bonchev–Trinajstić information content (AvgIpc) is 1.52. The van der Waals surface area contributed by atoms with Gasteiger partial charge in [0.25, 0.3) is 0 Å². The smallest absolute Gasteiger partial charge is 0.171 e. The lowest BCUT2D eigenvalue weighted by atomic mass is 10.0. The number of halogens is 7. The third-order valence-corrected chi connectivity index (χ3v) is 25.4. The summed E-state index contributed by atoms with van der Waals surface area (Å²) in [6.45, 7) is 22.4. The minimum absolute atomic E-state index is 0.204. The molecule has 0 amide bonds. The Morgan fingerprint density at radius 2 is 0.989 bits per heavy atom. The van der Waals surface area contributed by atoms with Crippen LogP contribution in [0.5, 0.6) is 0 Å². The largest absolute Gasteiger partial charge is 0.382 e. The van der Waals surface area contributed by atoms with E-state index < -0.39 is 14.3 Å². The number of fused-ring (bicyclic) bond motifs is 3. The van der Waals surface area contributed by atoms with Crippen LogP contribution in [0.15, 0.2) is 146 Å². The summed E-state index contributed by atoms with van der Waals surface area (Å²) in [7, 11) is -1.76. The van der Waals surface area contributed by atoms with Gasteiger partial charge in [0.05, 0.1) is 37.8 Å². The maximum absolute atomic E-state index is 13.1. The molecule has 0 aliphatic heterocycles. The number of carbonyl (C=O) groups excluding carboxylic acids is 1. The molecule has 1 atom stereocenters. The van der Waals surface area contributed by atoms with E-state index in [-0.39, 0.29) is 17.5 Å². The fourth-order valence-corrected chi connectivity index (χ4v) is 20.8. The second-order valence-electron chi connectivity index (χ2n) is 24.2. The summed E-state index contributed by atoms with van der Waals surface area (Å²) in [5.74, 6) is -0.667. The van der Waals surface area contributed by atoms with Gasteiger partial charge in [-0.3, -0.25) is 18.8 Å². The maximum Gasteiger partial charge on any atom is 0.171 e. The number of hydrogen-bond donors (Lipinski definition) is 3. The van der Waals surface area contributed by atoms with Gasteiger partial charge in [-0.05, 0) is 194 Å². The second kappa shape index (κ2) is 32.4. The lowest BCUT2D eigenvalue weighted by molar-refractivity contribution is 0.111. The van der Waals surface area contributed by atoms with Crippen molar-refractivity contribution in [2.45, 2.75) is 150 Å².